The van der Waals surface area contributed by atoms with E-state index in [1.807, 2.05) is 42.5 Å². The maximum absolute atomic E-state index is 12.1. The van der Waals surface area contributed by atoms with Crippen molar-refractivity contribution in [3.63, 3.8) is 0 Å². The molecule has 0 aromatic heterocycles. The van der Waals surface area contributed by atoms with Gasteiger partial charge in [0.05, 0.1) is 18.1 Å². The quantitative estimate of drug-likeness (QED) is 0.276. The molecule has 1 amide bonds. The molecule has 0 spiro atoms. The average molecular weight is 442 g/mol. The largest absolute Gasteiger partial charge is 0.493 e. The molecule has 1 unspecified atom stereocenters. The van der Waals surface area contributed by atoms with Crippen molar-refractivity contribution in [1.29, 1.82) is 0 Å². The minimum Gasteiger partial charge on any atom is -0.493 e. The van der Waals surface area contributed by atoms with Crippen LogP contribution in [0.3, 0.4) is 0 Å². The van der Waals surface area contributed by atoms with E-state index in [4.69, 9.17) is 21.7 Å². The molecule has 2 aromatic carbocycles. The number of thioether (sulfide) groups is 1. The molecule has 0 bridgehead atoms. The number of likely N-dealkylation sites (N-methyl/N-ethyl adjacent to an activating group) is 1. The third kappa shape index (κ3) is 5.86. The number of thiocarbonyl (C=S) groups is 1. The fourth-order valence-corrected chi connectivity index (χ4v) is 4.10. The number of ether oxygens (including phenoxy) is 2. The van der Waals surface area contributed by atoms with E-state index in [1.165, 1.54) is 22.2 Å². The summed E-state index contributed by atoms with van der Waals surface area (Å²) in [6.07, 6.45) is 3.79. The van der Waals surface area contributed by atoms with Gasteiger partial charge in [0, 0.05) is 13.5 Å². The van der Waals surface area contributed by atoms with E-state index >= 15 is 0 Å². The summed E-state index contributed by atoms with van der Waals surface area (Å²) in [6, 6.07) is 16.0. The number of hydrogen-bond donors (Lipinski definition) is 0. The van der Waals surface area contributed by atoms with Crippen molar-refractivity contribution in [3.05, 3.63) is 64.6 Å². The SMILES string of the molecule is CCC(C)c1ccc(OCCCOc2ccc(C=C3SC(=S)N(C)C3=O)cc2)cc1. The van der Waals surface area contributed by atoms with E-state index in [1.54, 1.807) is 7.05 Å². The van der Waals surface area contributed by atoms with E-state index in [0.29, 0.717) is 28.4 Å². The predicted molar refractivity (Wildman–Crippen MR) is 128 cm³/mol. The molecule has 2 aromatic rings. The zero-order valence-electron chi connectivity index (χ0n) is 17.6. The molecule has 30 heavy (non-hydrogen) atoms. The first-order valence-electron chi connectivity index (χ1n) is 10.1. The zero-order chi connectivity index (χ0) is 21.5. The average Bonchev–Trinajstić information content (AvgIpc) is 3.01. The van der Waals surface area contributed by atoms with Crippen molar-refractivity contribution in [2.45, 2.75) is 32.6 Å². The molecule has 1 fully saturated rings. The highest BCUT2D eigenvalue weighted by molar-refractivity contribution is 8.26. The van der Waals surface area contributed by atoms with Crippen molar-refractivity contribution in [1.82, 2.24) is 4.90 Å². The Labute approximate surface area is 188 Å². The van der Waals surface area contributed by atoms with Gasteiger partial charge in [0.25, 0.3) is 5.91 Å². The summed E-state index contributed by atoms with van der Waals surface area (Å²) in [4.78, 5) is 14.2. The van der Waals surface area contributed by atoms with Crippen LogP contribution in [0.4, 0.5) is 0 Å². The Morgan fingerprint density at radius 1 is 1.03 bits per heavy atom. The number of nitrogens with zero attached hydrogens (tertiary/aromatic N) is 1. The van der Waals surface area contributed by atoms with Gasteiger partial charge in [0.2, 0.25) is 0 Å². The van der Waals surface area contributed by atoms with Gasteiger partial charge in [-0.1, -0.05) is 62.1 Å². The number of carbonyl (C=O) groups is 1. The standard InChI is InChI=1S/C24H27NO3S2/c1-4-17(2)19-8-12-21(13-9-19)28-15-5-14-27-20-10-6-18(7-11-20)16-22-23(26)25(3)24(29)30-22/h6-13,16-17H,4-5,14-15H2,1-3H3. The van der Waals surface area contributed by atoms with Crippen LogP contribution in [0.25, 0.3) is 6.08 Å². The number of hydrogen-bond acceptors (Lipinski definition) is 5. The fraction of sp³-hybridized carbons (Fsp3) is 0.333. The van der Waals surface area contributed by atoms with Crippen molar-refractivity contribution >= 4 is 40.3 Å². The highest BCUT2D eigenvalue weighted by atomic mass is 32.2. The van der Waals surface area contributed by atoms with Gasteiger partial charge < -0.3 is 9.47 Å². The van der Waals surface area contributed by atoms with E-state index in [2.05, 4.69) is 26.0 Å². The summed E-state index contributed by atoms with van der Waals surface area (Å²) in [5.74, 6) is 2.21. The molecular formula is C24H27NO3S2. The van der Waals surface area contributed by atoms with Crippen LogP contribution in [-0.2, 0) is 4.79 Å². The molecule has 1 aliphatic heterocycles. The Morgan fingerprint density at radius 2 is 1.60 bits per heavy atom. The highest BCUT2D eigenvalue weighted by Gasteiger charge is 2.28. The molecule has 0 radical (unpaired) electrons. The lowest BCUT2D eigenvalue weighted by atomic mass is 9.99. The lowest BCUT2D eigenvalue weighted by Gasteiger charge is -2.11. The molecule has 1 saturated heterocycles. The first kappa shape index (κ1) is 22.4. The molecule has 4 nitrogen and oxygen atoms in total. The molecule has 158 valence electrons. The zero-order valence-corrected chi connectivity index (χ0v) is 19.2. The van der Waals surface area contributed by atoms with Crippen molar-refractivity contribution < 1.29 is 14.3 Å². The Morgan fingerprint density at radius 3 is 2.10 bits per heavy atom. The van der Waals surface area contributed by atoms with E-state index in [0.717, 1.165) is 29.9 Å². The first-order chi connectivity index (χ1) is 14.5. The molecule has 0 N–H and O–H groups in total. The number of carbonyl (C=O) groups excluding carboxylic acids is 1. The number of rotatable bonds is 9. The van der Waals surface area contributed by atoms with Crippen molar-refractivity contribution in [3.8, 4) is 11.5 Å². The third-order valence-corrected chi connectivity index (χ3v) is 6.54. The maximum Gasteiger partial charge on any atom is 0.265 e. The van der Waals surface area contributed by atoms with E-state index in [9.17, 15) is 4.79 Å². The summed E-state index contributed by atoms with van der Waals surface area (Å²) in [7, 11) is 1.70. The van der Waals surface area contributed by atoms with Crippen LogP contribution >= 0.6 is 24.0 Å². The second kappa shape index (κ2) is 10.6. The monoisotopic (exact) mass is 441 g/mol. The van der Waals surface area contributed by atoms with Crippen molar-refractivity contribution in [2.75, 3.05) is 20.3 Å². The fourth-order valence-electron chi connectivity index (χ4n) is 2.92. The van der Waals surface area contributed by atoms with Gasteiger partial charge in [-0.2, -0.15) is 0 Å². The molecule has 3 rings (SSSR count). The van der Waals surface area contributed by atoms with Gasteiger partial charge in [-0.25, -0.2) is 0 Å². The van der Waals surface area contributed by atoms with E-state index < -0.39 is 0 Å². The third-order valence-electron chi connectivity index (χ3n) is 5.05. The van der Waals surface area contributed by atoms with Crippen molar-refractivity contribution in [2.24, 2.45) is 0 Å². The molecule has 0 saturated carbocycles. The Bertz CT molecular complexity index is 907. The van der Waals surface area contributed by atoms with Gasteiger partial charge in [0.15, 0.2) is 0 Å². The second-order valence-corrected chi connectivity index (χ2v) is 8.91. The molecule has 1 atom stereocenters. The predicted octanol–water partition coefficient (Wildman–Crippen LogP) is 5.88. The van der Waals surface area contributed by atoms with E-state index in [-0.39, 0.29) is 5.91 Å². The molecule has 1 heterocycles. The van der Waals surface area contributed by atoms with Crippen LogP contribution in [0.1, 0.15) is 43.7 Å². The Hall–Kier alpha value is -2.31. The van der Waals surface area contributed by atoms with Crippen LogP contribution in [0.2, 0.25) is 0 Å². The van der Waals surface area contributed by atoms with Gasteiger partial charge in [-0.15, -0.1) is 0 Å². The Kier molecular flexibility index (Phi) is 7.94. The summed E-state index contributed by atoms with van der Waals surface area (Å²) >= 11 is 6.48. The summed E-state index contributed by atoms with van der Waals surface area (Å²) in [5.41, 5.74) is 2.29. The smallest absolute Gasteiger partial charge is 0.265 e. The number of benzene rings is 2. The van der Waals surface area contributed by atoms with Gasteiger partial charge in [-0.05, 0) is 53.8 Å². The van der Waals surface area contributed by atoms with Gasteiger partial charge in [0.1, 0.15) is 15.8 Å². The topological polar surface area (TPSA) is 38.8 Å². The van der Waals surface area contributed by atoms with Crippen LogP contribution in [0.15, 0.2) is 53.4 Å². The molecule has 1 aliphatic rings. The summed E-state index contributed by atoms with van der Waals surface area (Å²) in [5, 5.41) is 0. The van der Waals surface area contributed by atoms with Crippen LogP contribution in [-0.4, -0.2) is 35.4 Å². The maximum atomic E-state index is 12.1. The van der Waals surface area contributed by atoms with Crippen LogP contribution < -0.4 is 9.47 Å². The van der Waals surface area contributed by atoms with Crippen LogP contribution in [0.5, 0.6) is 11.5 Å². The normalized spacial score (nSPS) is 16.2. The van der Waals surface area contributed by atoms with Gasteiger partial charge in [-0.3, -0.25) is 9.69 Å². The lowest BCUT2D eigenvalue weighted by Crippen LogP contribution is -2.22. The van der Waals surface area contributed by atoms with Gasteiger partial charge >= 0.3 is 0 Å². The minimum absolute atomic E-state index is 0.0557. The first-order valence-corrected chi connectivity index (χ1v) is 11.4. The molecule has 6 heteroatoms. The minimum atomic E-state index is -0.0557. The lowest BCUT2D eigenvalue weighted by molar-refractivity contribution is -0.121. The second-order valence-electron chi connectivity index (χ2n) is 7.24. The molecular weight excluding hydrogens is 414 g/mol. The highest BCUT2D eigenvalue weighted by Crippen LogP contribution is 2.31. The molecule has 0 aliphatic carbocycles. The van der Waals surface area contributed by atoms with Crippen LogP contribution in [0, 0.1) is 0 Å². The number of amides is 1. The summed E-state index contributed by atoms with van der Waals surface area (Å²) in [6.45, 7) is 5.63. The summed E-state index contributed by atoms with van der Waals surface area (Å²) < 4.78 is 12.2. The Balaban J connectivity index is 1.40.